The lowest BCUT2D eigenvalue weighted by Crippen LogP contribution is -2.46. The van der Waals surface area contributed by atoms with E-state index in [1.54, 1.807) is 0 Å². The van der Waals surface area contributed by atoms with Crippen molar-refractivity contribution in [2.75, 3.05) is 50.8 Å². The SMILES string of the molecule is CO[C@@H]1C(O)[C@H]([n+]2cn(C)c3c(=O)[nH]c(N)nc32)O[C@@H]1COP(=O)([O-])OP(=O)([O-])OP(=O)([O-])OP(=O)([O-])C[C@H]1O[C@@H](n2cnc3c(N)ncnc32)[C@@H](OC)C1OP(=O)([O-])OC[C@H]1O[C@@H](n2cnc3c(=O)[nH]c(N)nc32)[C@@H](O)C1O. The van der Waals surface area contributed by atoms with Gasteiger partial charge < -0.3 is 98.8 Å². The highest BCUT2D eigenvalue weighted by molar-refractivity contribution is 7.69. The highest BCUT2D eigenvalue weighted by atomic mass is 31.3. The Kier molecular flexibility index (Phi) is 16.2. The Morgan fingerprint density at radius 2 is 1.27 bits per heavy atom. The predicted octanol–water partition coefficient (Wildman–Crippen LogP) is -7.03. The van der Waals surface area contributed by atoms with Gasteiger partial charge in [0.05, 0.1) is 39.0 Å². The predicted molar refractivity (Wildman–Crippen MR) is 243 cm³/mol. The fraction of sp³-hybridized carbons (Fsp3) is 0.545. The summed E-state index contributed by atoms with van der Waals surface area (Å²) in [6.45, 7) is -2.34. The van der Waals surface area contributed by atoms with Gasteiger partial charge in [-0.3, -0.25) is 55.8 Å². The number of nitrogen functional groups attached to an aromatic ring is 3. The summed E-state index contributed by atoms with van der Waals surface area (Å²) in [5.41, 5.74) is 15.0. The molecule has 46 heteroatoms. The van der Waals surface area contributed by atoms with Gasteiger partial charge in [-0.05, 0) is 0 Å². The summed E-state index contributed by atoms with van der Waals surface area (Å²) in [6, 6.07) is 0. The summed E-state index contributed by atoms with van der Waals surface area (Å²) in [5.74, 6) is -0.848. The fourth-order valence-corrected chi connectivity index (χ4v) is 15.2. The Morgan fingerprint density at radius 3 is 1.96 bits per heavy atom. The maximum absolute atomic E-state index is 13.6. The quantitative estimate of drug-likeness (QED) is 0.0245. The Morgan fingerprint density at radius 1 is 0.671 bits per heavy atom. The van der Waals surface area contributed by atoms with E-state index in [4.69, 9.17) is 49.9 Å². The molecule has 0 saturated carbocycles. The maximum Gasteiger partial charge on any atom is 0.313 e. The van der Waals surface area contributed by atoms with Crippen LogP contribution in [0.4, 0.5) is 17.7 Å². The molecule has 0 radical (unpaired) electrons. The van der Waals surface area contributed by atoms with E-state index in [2.05, 4.69) is 57.3 Å². The molecule has 6 aromatic rings. The van der Waals surface area contributed by atoms with E-state index < -0.39 is 143 Å². The largest absolute Gasteiger partial charge is 0.778 e. The molecule has 17 atom stereocenters. The van der Waals surface area contributed by atoms with Crippen molar-refractivity contribution in [3.63, 3.8) is 0 Å². The van der Waals surface area contributed by atoms with Gasteiger partial charge in [-0.1, -0.05) is 4.98 Å². The second-order valence-corrected chi connectivity index (χ2v) is 25.0. The van der Waals surface area contributed by atoms with Gasteiger partial charge >= 0.3 is 5.65 Å². The standard InChI is InChI=1S/C33H46N15O26P5/c1-45-10-48(26-16(45)28(53)44-33(36)42-26)30-19(51)20(64-2)12(69-30)5-67-77(58,59)73-79(62,63)74-78(60,61)72-75(54,55)6-13-21(22(65-3)31(70-13)46-8-39-14-23(34)37-7-38-24(14)46)71-76(56,57)66-4-11-17(49)18(50)29(68-11)47-9-40-15-25(47)41-32(35)43-27(15)52/h7-13,17-22,29-31,49-51H,4-6H2,1-3H3,(H12-,34,35,36,37,38,41,42,43,44,52,53,54,55,56,57,58,59,60,61,62,63)/p-4/t11-,12-,13-,17?,18+,19?,20+,21?,22+,29-,30-,31-/m1/s1. The topological polar surface area (TPSA) is 603 Å². The van der Waals surface area contributed by atoms with Crippen LogP contribution in [0.2, 0.25) is 0 Å². The van der Waals surface area contributed by atoms with Gasteiger partial charge in [-0.15, -0.1) is 0 Å². The number of aromatic nitrogens is 12. The second-order valence-electron chi connectivity index (χ2n) is 17.2. The fourth-order valence-electron chi connectivity index (χ4n) is 8.78. The molecule has 3 saturated heterocycles. The number of fused-ring (bicyclic) bond motifs is 3. The zero-order valence-corrected chi connectivity index (χ0v) is 44.5. The van der Waals surface area contributed by atoms with Crippen molar-refractivity contribution in [3.8, 4) is 0 Å². The third-order valence-corrected chi connectivity index (χ3v) is 19.2. The lowest BCUT2D eigenvalue weighted by Gasteiger charge is -2.38. The Labute approximate surface area is 437 Å². The average Bonchev–Trinajstić information content (AvgIpc) is 4.41. The van der Waals surface area contributed by atoms with Crippen LogP contribution in [0.15, 0.2) is 34.9 Å². The van der Waals surface area contributed by atoms with Crippen LogP contribution in [-0.4, -0.2) is 157 Å². The summed E-state index contributed by atoms with van der Waals surface area (Å²) in [4.78, 5) is 119. The number of H-pyrrole nitrogens is 2. The van der Waals surface area contributed by atoms with Crippen LogP contribution in [0.3, 0.4) is 0 Å². The molecule has 0 aromatic carbocycles. The minimum atomic E-state index is -6.84. The molecular formula is C33H42N15O26P5-4. The molecule has 0 spiro atoms. The number of nitrogens with two attached hydrogens (primary N) is 3. The number of aryl methyl sites for hydroxylation is 1. The van der Waals surface area contributed by atoms with E-state index in [1.807, 2.05) is 0 Å². The molecule has 0 bridgehead atoms. The van der Waals surface area contributed by atoms with Crippen LogP contribution >= 0.6 is 38.9 Å². The summed E-state index contributed by atoms with van der Waals surface area (Å²) >= 11 is 0. The normalized spacial score (nSPS) is 30.4. The van der Waals surface area contributed by atoms with E-state index in [0.717, 1.165) is 46.9 Å². The number of hydrogen-bond acceptors (Lipinski definition) is 35. The third-order valence-electron chi connectivity index (χ3n) is 12.0. The lowest BCUT2D eigenvalue weighted by molar-refractivity contribution is -0.745. The third kappa shape index (κ3) is 12.0. The number of ether oxygens (including phenoxy) is 5. The van der Waals surface area contributed by atoms with E-state index in [9.17, 15) is 72.2 Å². The van der Waals surface area contributed by atoms with E-state index in [0.29, 0.717) is 0 Å². The summed E-state index contributed by atoms with van der Waals surface area (Å²) in [5, 5.41) is 32.7. The van der Waals surface area contributed by atoms with E-state index in [1.165, 1.54) is 17.9 Å². The number of hydrogen-bond donors (Lipinski definition) is 8. The smallest absolute Gasteiger partial charge is 0.313 e. The Bertz CT molecular complexity index is 3670. The molecule has 9 heterocycles. The summed E-state index contributed by atoms with van der Waals surface area (Å²) in [7, 11) is -28.5. The van der Waals surface area contributed by atoms with Crippen molar-refractivity contribution >= 4 is 90.1 Å². The molecule has 79 heavy (non-hydrogen) atoms. The molecule has 3 aliphatic heterocycles. The number of phosphoric acid groups is 4. The maximum atomic E-state index is 13.6. The number of nitrogens with one attached hydrogen (secondary N) is 2. The van der Waals surface area contributed by atoms with Gasteiger partial charge in [0.25, 0.3) is 48.4 Å². The first kappa shape index (κ1) is 58.7. The molecule has 3 aliphatic rings. The molecule has 11 N–H and O–H groups in total. The van der Waals surface area contributed by atoms with Crippen molar-refractivity contribution in [1.82, 2.24) is 53.6 Å². The zero-order chi connectivity index (χ0) is 57.5. The number of imidazole rings is 3. The van der Waals surface area contributed by atoms with Crippen molar-refractivity contribution in [2.24, 2.45) is 7.05 Å². The second kappa shape index (κ2) is 21.7. The number of methoxy groups -OCH3 is 2. The number of aliphatic hydroxyl groups is 3. The van der Waals surface area contributed by atoms with Gasteiger partial charge in [0.1, 0.15) is 68.3 Å². The van der Waals surface area contributed by atoms with E-state index >= 15 is 0 Å². The van der Waals surface area contributed by atoms with Crippen LogP contribution in [0, 0.1) is 0 Å². The molecular weight excluding hydrogens is 1180 g/mol. The summed E-state index contributed by atoms with van der Waals surface area (Å²) in [6.07, 6.45) is -18.6. The van der Waals surface area contributed by atoms with Crippen molar-refractivity contribution < 1.29 is 117 Å². The number of anilines is 3. The molecule has 434 valence electrons. The molecule has 0 amide bonds. The Hall–Kier alpha value is -4.96. The summed E-state index contributed by atoms with van der Waals surface area (Å²) < 4.78 is 124. The first-order valence-electron chi connectivity index (χ1n) is 22.0. The lowest BCUT2D eigenvalue weighted by atomic mass is 10.1. The average molecular weight is 1220 g/mol. The highest BCUT2D eigenvalue weighted by Gasteiger charge is 2.52. The number of aromatic amines is 2. The van der Waals surface area contributed by atoms with Gasteiger partial charge in [0.15, 0.2) is 41.4 Å². The van der Waals surface area contributed by atoms with Gasteiger partial charge in [0.2, 0.25) is 17.7 Å². The number of rotatable bonds is 21. The van der Waals surface area contributed by atoms with Crippen molar-refractivity contribution in [2.45, 2.75) is 73.6 Å². The van der Waals surface area contributed by atoms with Gasteiger partial charge in [-0.25, -0.2) is 33.1 Å². The minimum Gasteiger partial charge on any atom is -0.778 e. The zero-order valence-electron chi connectivity index (χ0n) is 40.0. The number of nitrogens with zero attached hydrogens (tertiary/aromatic N) is 10. The van der Waals surface area contributed by atoms with Gasteiger partial charge in [0, 0.05) is 20.4 Å². The number of aliphatic hydroxyl groups excluding tert-OH is 3. The minimum absolute atomic E-state index is 0.0333. The molecule has 0 aliphatic carbocycles. The van der Waals surface area contributed by atoms with Crippen LogP contribution in [-0.2, 0) is 80.1 Å². The molecule has 41 nitrogen and oxygen atoms in total. The number of phosphoric ester groups is 2. The van der Waals surface area contributed by atoms with E-state index in [-0.39, 0.29) is 51.2 Å². The van der Waals surface area contributed by atoms with Crippen LogP contribution in [0.25, 0.3) is 33.5 Å². The van der Waals surface area contributed by atoms with Crippen molar-refractivity contribution in [1.29, 1.82) is 0 Å². The molecule has 3 fully saturated rings. The molecule has 6 aromatic heterocycles. The Balaban J connectivity index is 0.873. The molecule has 8 unspecified atom stereocenters. The monoisotopic (exact) mass is 1220 g/mol. The first-order valence-corrected chi connectivity index (χ1v) is 29.6. The van der Waals surface area contributed by atoms with Crippen LogP contribution < -0.4 is 57.4 Å². The van der Waals surface area contributed by atoms with Gasteiger partial charge in [-0.2, -0.15) is 4.98 Å². The van der Waals surface area contributed by atoms with Crippen LogP contribution in [0.1, 0.15) is 18.7 Å². The molecule has 9 rings (SSSR count). The highest BCUT2D eigenvalue weighted by Crippen LogP contribution is 2.67. The van der Waals surface area contributed by atoms with Crippen molar-refractivity contribution in [3.05, 3.63) is 46.0 Å². The van der Waals surface area contributed by atoms with Crippen LogP contribution in [0.5, 0.6) is 0 Å². The first-order chi connectivity index (χ1) is 36.9.